The van der Waals surface area contributed by atoms with Gasteiger partial charge in [0.2, 0.25) is 0 Å². The molecule has 1 atom stereocenters. The molecule has 5 nitrogen and oxygen atoms in total. The van der Waals surface area contributed by atoms with Crippen LogP contribution in [0.1, 0.15) is 25.1 Å². The van der Waals surface area contributed by atoms with Crippen molar-refractivity contribution in [1.29, 1.82) is 0 Å². The van der Waals surface area contributed by atoms with Crippen LogP contribution in [0.2, 0.25) is 0 Å². The van der Waals surface area contributed by atoms with Crippen molar-refractivity contribution in [2.75, 3.05) is 0 Å². The van der Waals surface area contributed by atoms with Crippen molar-refractivity contribution >= 4 is 38.7 Å². The number of halogens is 3. The van der Waals surface area contributed by atoms with Crippen LogP contribution in [0.3, 0.4) is 0 Å². The third-order valence-corrected chi connectivity index (χ3v) is 6.69. The fraction of sp³-hybridized carbons (Fsp3) is 0.545. The van der Waals surface area contributed by atoms with E-state index >= 15 is 0 Å². The third-order valence-electron chi connectivity index (χ3n) is 3.00. The normalized spacial score (nSPS) is 23.5. The molecule has 21 heavy (non-hydrogen) atoms. The van der Waals surface area contributed by atoms with Crippen LogP contribution < -0.4 is 0 Å². The highest BCUT2D eigenvalue weighted by molar-refractivity contribution is 7.91. The third kappa shape index (κ3) is 2.67. The average Bonchev–Trinajstić information content (AvgIpc) is 2.93. The molecule has 1 N–H and O–H groups in total. The molecule has 10 heteroatoms. The number of hydrogen-bond acceptors (Lipinski definition) is 5. The Bertz CT molecular complexity index is 684. The predicted molar refractivity (Wildman–Crippen MR) is 76.2 cm³/mol. The Kier molecular flexibility index (Phi) is 4.07. The molecule has 0 saturated carbocycles. The quantitative estimate of drug-likeness (QED) is 0.841. The number of hydrazone groups is 1. The zero-order chi connectivity index (χ0) is 16.1. The maximum atomic E-state index is 13.5. The Labute approximate surface area is 129 Å². The van der Waals surface area contributed by atoms with Gasteiger partial charge in [-0.15, -0.1) is 15.8 Å². The Morgan fingerprint density at radius 1 is 1.57 bits per heavy atom. The first-order chi connectivity index (χ1) is 9.52. The van der Waals surface area contributed by atoms with E-state index in [1.54, 1.807) is 6.07 Å². The Morgan fingerprint density at radius 2 is 2.19 bits per heavy atom. The highest BCUT2D eigenvalue weighted by Gasteiger charge is 2.62. The average molecular weight is 359 g/mol. The molecule has 1 aliphatic heterocycles. The lowest BCUT2D eigenvalue weighted by Crippen LogP contribution is -2.55. The van der Waals surface area contributed by atoms with Gasteiger partial charge in [-0.3, -0.25) is 0 Å². The van der Waals surface area contributed by atoms with E-state index in [0.717, 1.165) is 16.2 Å². The number of aryl methyl sites for hydroxylation is 1. The van der Waals surface area contributed by atoms with Gasteiger partial charge in [-0.25, -0.2) is 0 Å². The molecular formula is C11H13ClF2N2O3S2. The largest absolute Gasteiger partial charge is 0.371 e. The van der Waals surface area contributed by atoms with E-state index in [2.05, 4.69) is 5.10 Å². The van der Waals surface area contributed by atoms with E-state index < -0.39 is 27.6 Å². The van der Waals surface area contributed by atoms with Crippen LogP contribution in [0.4, 0.5) is 8.78 Å². The number of hydrogen-bond donors (Lipinski definition) is 1. The van der Waals surface area contributed by atoms with Gasteiger partial charge in [-0.05, 0) is 37.1 Å². The summed E-state index contributed by atoms with van der Waals surface area (Å²) in [6, 6.07) is 2.89. The molecule has 2 rings (SSSR count). The SMILES string of the molecule is CCc1ccc(S(=O)(=O)N2N=C(C)C[C@@]2(O)C(F)(F)Cl)s1. The summed E-state index contributed by atoms with van der Waals surface area (Å²) in [6.45, 7) is 3.18. The summed E-state index contributed by atoms with van der Waals surface area (Å²) in [5.74, 6) is 0. The first kappa shape index (κ1) is 16.6. The predicted octanol–water partition coefficient (Wildman–Crippen LogP) is 2.60. The summed E-state index contributed by atoms with van der Waals surface area (Å²) in [5, 5.41) is 9.44. The van der Waals surface area contributed by atoms with Crippen molar-refractivity contribution in [2.24, 2.45) is 5.10 Å². The lowest BCUT2D eigenvalue weighted by atomic mass is 10.1. The number of alkyl halides is 3. The zero-order valence-electron chi connectivity index (χ0n) is 11.2. The fourth-order valence-corrected chi connectivity index (χ4v) is 4.99. The van der Waals surface area contributed by atoms with Crippen LogP contribution in [0.15, 0.2) is 21.4 Å². The Hall–Kier alpha value is -0.770. The van der Waals surface area contributed by atoms with E-state index in [1.165, 1.54) is 13.0 Å². The molecule has 0 amide bonds. The van der Waals surface area contributed by atoms with Gasteiger partial charge >= 0.3 is 5.38 Å². The van der Waals surface area contributed by atoms with Crippen molar-refractivity contribution in [3.8, 4) is 0 Å². The fourth-order valence-electron chi connectivity index (χ4n) is 1.93. The smallest absolute Gasteiger partial charge is 0.363 e. The molecule has 0 aromatic carbocycles. The first-order valence-electron chi connectivity index (χ1n) is 5.99. The van der Waals surface area contributed by atoms with E-state index in [-0.39, 0.29) is 14.3 Å². The first-order valence-corrected chi connectivity index (χ1v) is 8.63. The van der Waals surface area contributed by atoms with Crippen molar-refractivity contribution in [3.63, 3.8) is 0 Å². The number of thiophene rings is 1. The number of rotatable bonds is 4. The van der Waals surface area contributed by atoms with E-state index in [0.29, 0.717) is 6.42 Å². The standard InChI is InChI=1S/C11H13ClF2N2O3S2/c1-3-8-4-5-9(20-8)21(18,19)16-10(17,11(12,13)14)6-7(2)15-16/h4-5,17H,3,6H2,1-2H3/t10-/m1/s1. The molecule has 0 bridgehead atoms. The van der Waals surface area contributed by atoms with Crippen molar-refractivity contribution in [2.45, 2.75) is 42.0 Å². The van der Waals surface area contributed by atoms with Crippen molar-refractivity contribution in [3.05, 3.63) is 17.0 Å². The summed E-state index contributed by atoms with van der Waals surface area (Å²) in [6.07, 6.45) is -0.0485. The van der Waals surface area contributed by atoms with Crippen LogP contribution in [-0.4, -0.2) is 34.8 Å². The molecule has 1 aliphatic rings. The molecule has 0 aliphatic carbocycles. The second kappa shape index (κ2) is 5.15. The molecular weight excluding hydrogens is 346 g/mol. The van der Waals surface area contributed by atoms with Crippen LogP contribution in [0.5, 0.6) is 0 Å². The second-order valence-corrected chi connectivity index (χ2v) is 8.29. The Balaban J connectivity index is 2.51. The number of sulfonamides is 1. The lowest BCUT2D eigenvalue weighted by Gasteiger charge is -2.33. The van der Waals surface area contributed by atoms with Crippen molar-refractivity contribution < 1.29 is 22.3 Å². The molecule has 0 fully saturated rings. The van der Waals surface area contributed by atoms with Gasteiger partial charge in [-0.2, -0.15) is 22.3 Å². The molecule has 1 aromatic heterocycles. The van der Waals surface area contributed by atoms with E-state index in [4.69, 9.17) is 11.6 Å². The summed E-state index contributed by atoms with van der Waals surface area (Å²) >= 11 is 5.85. The van der Waals surface area contributed by atoms with Gasteiger partial charge in [0.25, 0.3) is 15.7 Å². The van der Waals surface area contributed by atoms with Crippen LogP contribution in [0, 0.1) is 0 Å². The minimum atomic E-state index is -4.40. The molecule has 2 heterocycles. The van der Waals surface area contributed by atoms with E-state index in [1.807, 2.05) is 6.92 Å². The summed E-state index contributed by atoms with van der Waals surface area (Å²) in [7, 11) is -4.40. The molecule has 1 aromatic rings. The van der Waals surface area contributed by atoms with Gasteiger partial charge in [-0.1, -0.05) is 6.92 Å². The minimum Gasteiger partial charge on any atom is -0.363 e. The molecule has 0 saturated heterocycles. The lowest BCUT2D eigenvalue weighted by molar-refractivity contribution is -0.175. The molecule has 0 radical (unpaired) electrons. The zero-order valence-corrected chi connectivity index (χ0v) is 13.6. The Morgan fingerprint density at radius 3 is 2.67 bits per heavy atom. The molecule has 0 spiro atoms. The van der Waals surface area contributed by atoms with Gasteiger partial charge in [0.15, 0.2) is 0 Å². The number of aliphatic hydroxyl groups is 1. The van der Waals surface area contributed by atoms with Crippen LogP contribution in [-0.2, 0) is 16.4 Å². The van der Waals surface area contributed by atoms with Gasteiger partial charge in [0.05, 0.1) is 0 Å². The van der Waals surface area contributed by atoms with Gasteiger partial charge < -0.3 is 5.11 Å². The van der Waals surface area contributed by atoms with Gasteiger partial charge in [0, 0.05) is 17.0 Å². The highest BCUT2D eigenvalue weighted by Crippen LogP contribution is 2.45. The number of nitrogens with zero attached hydrogens (tertiary/aromatic N) is 2. The highest BCUT2D eigenvalue weighted by atomic mass is 35.5. The maximum Gasteiger partial charge on any atom is 0.371 e. The monoisotopic (exact) mass is 358 g/mol. The second-order valence-electron chi connectivity index (χ2n) is 4.65. The molecule has 118 valence electrons. The summed E-state index contributed by atoms with van der Waals surface area (Å²) < 4.78 is 51.7. The van der Waals surface area contributed by atoms with E-state index in [9.17, 15) is 22.3 Å². The topological polar surface area (TPSA) is 70.0 Å². The summed E-state index contributed by atoms with van der Waals surface area (Å²) in [5.41, 5.74) is -3.05. The van der Waals surface area contributed by atoms with Crippen molar-refractivity contribution in [1.82, 2.24) is 4.41 Å². The van der Waals surface area contributed by atoms with Gasteiger partial charge in [0.1, 0.15) is 4.21 Å². The molecule has 0 unspecified atom stereocenters. The minimum absolute atomic E-state index is 0.0214. The van der Waals surface area contributed by atoms with Crippen LogP contribution in [0.25, 0.3) is 0 Å². The van der Waals surface area contributed by atoms with Crippen LogP contribution >= 0.6 is 22.9 Å². The maximum absolute atomic E-state index is 13.5. The summed E-state index contributed by atoms with van der Waals surface area (Å²) in [4.78, 5) is 0.773.